The van der Waals surface area contributed by atoms with Gasteiger partial charge in [-0.05, 0) is 20.3 Å². The van der Waals surface area contributed by atoms with E-state index in [1.807, 2.05) is 13.8 Å². The van der Waals surface area contributed by atoms with Gasteiger partial charge in [0.2, 0.25) is 5.91 Å². The van der Waals surface area contributed by atoms with E-state index >= 15 is 0 Å². The second kappa shape index (κ2) is 5.71. The van der Waals surface area contributed by atoms with E-state index in [1.165, 1.54) is 10.9 Å². The summed E-state index contributed by atoms with van der Waals surface area (Å²) in [6, 6.07) is -0.530. The highest BCUT2D eigenvalue weighted by Gasteiger charge is 2.20. The molecule has 0 radical (unpaired) electrons. The summed E-state index contributed by atoms with van der Waals surface area (Å²) < 4.78 is 23.4. The van der Waals surface area contributed by atoms with Crippen molar-refractivity contribution in [2.45, 2.75) is 44.2 Å². The summed E-state index contributed by atoms with van der Waals surface area (Å²) in [5, 5.41) is 6.62. The summed E-state index contributed by atoms with van der Waals surface area (Å²) in [4.78, 5) is 11.7. The summed E-state index contributed by atoms with van der Waals surface area (Å²) in [5.74, 6) is -0.217. The third-order valence-corrected chi connectivity index (χ3v) is 3.95. The van der Waals surface area contributed by atoms with Crippen LogP contribution in [-0.4, -0.2) is 30.1 Å². The fraction of sp³-hybridized carbons (Fsp3) is 0.600. The van der Waals surface area contributed by atoms with Crippen LogP contribution in [0.5, 0.6) is 0 Å². The first-order chi connectivity index (χ1) is 8.25. The summed E-state index contributed by atoms with van der Waals surface area (Å²) >= 11 is 0. The summed E-state index contributed by atoms with van der Waals surface area (Å²) in [6.07, 6.45) is 3.18. The van der Waals surface area contributed by atoms with Crippen molar-refractivity contribution < 1.29 is 13.2 Å². The number of hydrogen-bond acceptors (Lipinski definition) is 4. The molecule has 1 rings (SSSR count). The van der Waals surface area contributed by atoms with E-state index in [-0.39, 0.29) is 16.8 Å². The number of hydrogen-bond donors (Lipinski definition) is 1. The van der Waals surface area contributed by atoms with Crippen LogP contribution in [-0.2, 0) is 13.8 Å². The minimum Gasteiger partial charge on any atom is -0.352 e. The number of carbonyl (C=O) groups excluding carboxylic acids is 1. The second-order valence-corrected chi connectivity index (χ2v) is 6.65. The minimum atomic E-state index is -3.81. The molecule has 102 valence electrons. The molecule has 0 aliphatic rings. The first kappa shape index (κ1) is 15.0. The molecular formula is C10H16ClN3O3S. The van der Waals surface area contributed by atoms with Gasteiger partial charge in [0.1, 0.15) is 10.9 Å². The van der Waals surface area contributed by atoms with Crippen molar-refractivity contribution in [1.29, 1.82) is 0 Å². The predicted molar refractivity (Wildman–Crippen MR) is 67.9 cm³/mol. The van der Waals surface area contributed by atoms with Crippen LogP contribution in [0, 0.1) is 0 Å². The zero-order valence-corrected chi connectivity index (χ0v) is 12.0. The average Bonchev–Trinajstić information content (AvgIpc) is 2.76. The quantitative estimate of drug-likeness (QED) is 0.829. The van der Waals surface area contributed by atoms with Gasteiger partial charge < -0.3 is 5.32 Å². The highest BCUT2D eigenvalue weighted by molar-refractivity contribution is 8.13. The molecule has 1 amide bonds. The zero-order valence-electron chi connectivity index (χ0n) is 10.4. The van der Waals surface area contributed by atoms with Crippen molar-refractivity contribution in [1.82, 2.24) is 15.1 Å². The number of amides is 1. The van der Waals surface area contributed by atoms with E-state index in [9.17, 15) is 13.2 Å². The number of rotatable bonds is 5. The molecular weight excluding hydrogens is 278 g/mol. The molecule has 18 heavy (non-hydrogen) atoms. The highest BCUT2D eigenvalue weighted by Crippen LogP contribution is 2.15. The van der Waals surface area contributed by atoms with Crippen molar-refractivity contribution in [2.75, 3.05) is 0 Å². The van der Waals surface area contributed by atoms with Crippen LogP contribution in [0.4, 0.5) is 0 Å². The predicted octanol–water partition coefficient (Wildman–Crippen LogP) is 1.29. The van der Waals surface area contributed by atoms with Gasteiger partial charge in [-0.3, -0.25) is 9.48 Å². The Morgan fingerprint density at radius 1 is 1.56 bits per heavy atom. The fourth-order valence-corrected chi connectivity index (χ4v) is 1.89. The molecule has 0 saturated heterocycles. The Morgan fingerprint density at radius 2 is 2.17 bits per heavy atom. The Bertz CT molecular complexity index is 526. The lowest BCUT2D eigenvalue weighted by Gasteiger charge is -2.16. The van der Waals surface area contributed by atoms with E-state index in [2.05, 4.69) is 10.4 Å². The Morgan fingerprint density at radius 3 is 2.61 bits per heavy atom. The molecule has 0 aliphatic heterocycles. The van der Waals surface area contributed by atoms with Crippen molar-refractivity contribution in [3.8, 4) is 0 Å². The Labute approximate surface area is 111 Å². The van der Waals surface area contributed by atoms with Crippen LogP contribution < -0.4 is 5.32 Å². The van der Waals surface area contributed by atoms with E-state index in [4.69, 9.17) is 10.7 Å². The molecule has 1 heterocycles. The largest absolute Gasteiger partial charge is 0.352 e. The number of aromatic nitrogens is 2. The van der Waals surface area contributed by atoms with Gasteiger partial charge in [-0.15, -0.1) is 0 Å². The monoisotopic (exact) mass is 293 g/mol. The van der Waals surface area contributed by atoms with Crippen LogP contribution in [0.15, 0.2) is 17.3 Å². The molecule has 6 nitrogen and oxygen atoms in total. The minimum absolute atomic E-state index is 0.0618. The van der Waals surface area contributed by atoms with Crippen molar-refractivity contribution >= 4 is 25.6 Å². The molecule has 0 fully saturated rings. The van der Waals surface area contributed by atoms with Crippen LogP contribution in [0.1, 0.15) is 33.2 Å². The van der Waals surface area contributed by atoms with Crippen LogP contribution in [0.2, 0.25) is 0 Å². The highest BCUT2D eigenvalue weighted by atomic mass is 35.7. The summed E-state index contributed by atoms with van der Waals surface area (Å²) in [5.41, 5.74) is 0. The third kappa shape index (κ3) is 3.71. The van der Waals surface area contributed by atoms with E-state index in [0.717, 1.165) is 12.6 Å². The van der Waals surface area contributed by atoms with E-state index in [1.54, 1.807) is 6.92 Å². The standard InChI is InChI=1S/C10H16ClN3O3S/c1-4-7(2)13-10(15)8(3)14-6-9(5-12-14)18(11,16)17/h5-8H,4H2,1-3H3,(H,13,15). The Balaban J connectivity index is 2.82. The molecule has 0 aromatic carbocycles. The number of nitrogens with one attached hydrogen (secondary N) is 1. The van der Waals surface area contributed by atoms with Gasteiger partial charge in [-0.25, -0.2) is 8.42 Å². The van der Waals surface area contributed by atoms with Crippen molar-refractivity contribution in [3.63, 3.8) is 0 Å². The van der Waals surface area contributed by atoms with Gasteiger partial charge in [0.25, 0.3) is 9.05 Å². The molecule has 1 aromatic heterocycles. The first-order valence-electron chi connectivity index (χ1n) is 5.55. The number of carbonyl (C=O) groups is 1. The van der Waals surface area contributed by atoms with Gasteiger partial charge in [0.15, 0.2) is 0 Å². The third-order valence-electron chi connectivity index (χ3n) is 2.64. The molecule has 1 aromatic rings. The average molecular weight is 294 g/mol. The second-order valence-electron chi connectivity index (χ2n) is 4.09. The molecule has 8 heteroatoms. The first-order valence-corrected chi connectivity index (χ1v) is 7.85. The van der Waals surface area contributed by atoms with Gasteiger partial charge in [0.05, 0.1) is 6.20 Å². The molecule has 2 unspecified atom stereocenters. The van der Waals surface area contributed by atoms with Gasteiger partial charge in [0, 0.05) is 22.9 Å². The molecule has 1 N–H and O–H groups in total. The lowest BCUT2D eigenvalue weighted by Crippen LogP contribution is -2.37. The molecule has 0 bridgehead atoms. The normalized spacial score (nSPS) is 15.1. The Hall–Kier alpha value is -1.08. The fourth-order valence-electron chi connectivity index (χ4n) is 1.24. The van der Waals surface area contributed by atoms with Gasteiger partial charge >= 0.3 is 0 Å². The molecule has 0 spiro atoms. The lowest BCUT2D eigenvalue weighted by molar-refractivity contribution is -0.124. The van der Waals surface area contributed by atoms with Gasteiger partial charge in [-0.2, -0.15) is 5.10 Å². The van der Waals surface area contributed by atoms with Crippen molar-refractivity contribution in [3.05, 3.63) is 12.4 Å². The summed E-state index contributed by atoms with van der Waals surface area (Å²) in [6.45, 7) is 5.49. The smallest absolute Gasteiger partial charge is 0.264 e. The van der Waals surface area contributed by atoms with Crippen LogP contribution in [0.25, 0.3) is 0 Å². The molecule has 0 saturated carbocycles. The zero-order chi connectivity index (χ0) is 13.9. The maximum absolute atomic E-state index is 11.8. The Kier molecular flexibility index (Phi) is 4.75. The van der Waals surface area contributed by atoms with Crippen molar-refractivity contribution in [2.24, 2.45) is 0 Å². The lowest BCUT2D eigenvalue weighted by atomic mass is 10.2. The number of halogens is 1. The van der Waals surface area contributed by atoms with E-state index in [0.29, 0.717) is 0 Å². The topological polar surface area (TPSA) is 81.1 Å². The molecule has 2 atom stereocenters. The maximum atomic E-state index is 11.8. The van der Waals surface area contributed by atoms with Crippen LogP contribution in [0.3, 0.4) is 0 Å². The number of nitrogens with zero attached hydrogens (tertiary/aromatic N) is 2. The summed E-state index contributed by atoms with van der Waals surface area (Å²) in [7, 11) is 1.37. The molecule has 0 aliphatic carbocycles. The van der Waals surface area contributed by atoms with Crippen LogP contribution >= 0.6 is 10.7 Å². The van der Waals surface area contributed by atoms with Gasteiger partial charge in [-0.1, -0.05) is 6.92 Å². The SMILES string of the molecule is CCC(C)NC(=O)C(C)n1cc(S(=O)(=O)Cl)cn1. The van der Waals surface area contributed by atoms with E-state index < -0.39 is 15.1 Å². The maximum Gasteiger partial charge on any atom is 0.264 e.